The van der Waals surface area contributed by atoms with E-state index in [2.05, 4.69) is 24.2 Å². The summed E-state index contributed by atoms with van der Waals surface area (Å²) in [5, 5.41) is 0. The van der Waals surface area contributed by atoms with Gasteiger partial charge in [-0.2, -0.15) is 0 Å². The number of carbonyl (C=O) groups excluding carboxylic acids is 1. The monoisotopic (exact) mass is 188 g/mol. The Balaban J connectivity index is 3.76. The Kier molecular flexibility index (Phi) is 6.54. The van der Waals surface area contributed by atoms with Gasteiger partial charge in [-0.3, -0.25) is 9.63 Å². The van der Waals surface area contributed by atoms with Crippen molar-refractivity contribution in [1.82, 2.24) is 5.48 Å². The number of nitrogens with two attached hydrogens (primary N) is 1. The number of carbonyl (C=O) groups is 1. The summed E-state index contributed by atoms with van der Waals surface area (Å²) in [5.41, 5.74) is 7.83. The van der Waals surface area contributed by atoms with E-state index in [1.54, 1.807) is 0 Å². The van der Waals surface area contributed by atoms with Crippen molar-refractivity contribution in [3.05, 3.63) is 0 Å². The second-order valence-electron chi connectivity index (χ2n) is 3.66. The second kappa shape index (κ2) is 6.86. The van der Waals surface area contributed by atoms with Crippen molar-refractivity contribution in [1.29, 1.82) is 0 Å². The first kappa shape index (κ1) is 12.4. The lowest BCUT2D eigenvalue weighted by atomic mass is 9.94. The van der Waals surface area contributed by atoms with E-state index >= 15 is 0 Å². The van der Waals surface area contributed by atoms with Crippen molar-refractivity contribution in [3.63, 3.8) is 0 Å². The maximum Gasteiger partial charge on any atom is 0.243 e. The molecule has 0 aliphatic carbocycles. The van der Waals surface area contributed by atoms with Gasteiger partial charge in [0.2, 0.25) is 5.91 Å². The molecule has 0 aromatic heterocycles. The number of hydrogen-bond acceptors (Lipinski definition) is 3. The molecule has 0 bridgehead atoms. The molecule has 0 saturated carbocycles. The standard InChI is InChI=1S/C9H20N2O2/c1-7(2)4-8(6-10)5-9(12)11-13-3/h7-8H,4-6,10H2,1-3H3,(H,11,12). The smallest absolute Gasteiger partial charge is 0.243 e. The third-order valence-corrected chi connectivity index (χ3v) is 1.83. The predicted octanol–water partition coefficient (Wildman–Crippen LogP) is 0.675. The molecular weight excluding hydrogens is 168 g/mol. The third-order valence-electron chi connectivity index (χ3n) is 1.83. The summed E-state index contributed by atoms with van der Waals surface area (Å²) >= 11 is 0. The first-order valence-corrected chi connectivity index (χ1v) is 4.62. The van der Waals surface area contributed by atoms with Crippen LogP contribution in [0.3, 0.4) is 0 Å². The van der Waals surface area contributed by atoms with Gasteiger partial charge in [-0.1, -0.05) is 13.8 Å². The summed E-state index contributed by atoms with van der Waals surface area (Å²) in [4.78, 5) is 15.6. The summed E-state index contributed by atoms with van der Waals surface area (Å²) in [5.74, 6) is 0.734. The van der Waals surface area contributed by atoms with Gasteiger partial charge < -0.3 is 5.73 Å². The molecule has 1 atom stereocenters. The van der Waals surface area contributed by atoms with Crippen molar-refractivity contribution in [2.24, 2.45) is 17.6 Å². The quantitative estimate of drug-likeness (QED) is 0.602. The molecule has 13 heavy (non-hydrogen) atoms. The lowest BCUT2D eigenvalue weighted by Crippen LogP contribution is -2.28. The molecule has 0 aliphatic rings. The van der Waals surface area contributed by atoms with Gasteiger partial charge in [0, 0.05) is 6.42 Å². The van der Waals surface area contributed by atoms with Crippen molar-refractivity contribution in [3.8, 4) is 0 Å². The largest absolute Gasteiger partial charge is 0.330 e. The Morgan fingerprint density at radius 1 is 1.54 bits per heavy atom. The van der Waals surface area contributed by atoms with Crippen LogP contribution in [-0.2, 0) is 9.63 Å². The number of hydroxylamine groups is 1. The zero-order chi connectivity index (χ0) is 10.3. The fraction of sp³-hybridized carbons (Fsp3) is 0.889. The lowest BCUT2D eigenvalue weighted by molar-refractivity contribution is -0.132. The first-order chi connectivity index (χ1) is 6.10. The highest BCUT2D eigenvalue weighted by atomic mass is 16.6. The highest BCUT2D eigenvalue weighted by Crippen LogP contribution is 2.13. The Morgan fingerprint density at radius 3 is 2.54 bits per heavy atom. The van der Waals surface area contributed by atoms with Crippen molar-refractivity contribution < 1.29 is 9.63 Å². The van der Waals surface area contributed by atoms with Gasteiger partial charge in [-0.25, -0.2) is 5.48 Å². The molecule has 1 unspecified atom stereocenters. The lowest BCUT2D eigenvalue weighted by Gasteiger charge is -2.15. The third kappa shape index (κ3) is 6.54. The number of amides is 1. The van der Waals surface area contributed by atoms with Crippen LogP contribution in [0.15, 0.2) is 0 Å². The molecule has 0 heterocycles. The highest BCUT2D eigenvalue weighted by Gasteiger charge is 2.13. The Hall–Kier alpha value is -0.610. The molecule has 3 N–H and O–H groups in total. The van der Waals surface area contributed by atoms with Crippen LogP contribution < -0.4 is 11.2 Å². The Morgan fingerprint density at radius 2 is 2.15 bits per heavy atom. The minimum absolute atomic E-state index is 0.0985. The van der Waals surface area contributed by atoms with Gasteiger partial charge in [-0.15, -0.1) is 0 Å². The van der Waals surface area contributed by atoms with Crippen LogP contribution in [0, 0.1) is 11.8 Å². The minimum atomic E-state index is -0.0985. The zero-order valence-electron chi connectivity index (χ0n) is 8.67. The van der Waals surface area contributed by atoms with E-state index in [1.165, 1.54) is 7.11 Å². The van der Waals surface area contributed by atoms with E-state index in [9.17, 15) is 4.79 Å². The van der Waals surface area contributed by atoms with Crippen LogP contribution >= 0.6 is 0 Å². The maximum atomic E-state index is 11.1. The van der Waals surface area contributed by atoms with Crippen molar-refractivity contribution in [2.45, 2.75) is 26.7 Å². The molecule has 0 saturated heterocycles. The minimum Gasteiger partial charge on any atom is -0.330 e. The summed E-state index contributed by atoms with van der Waals surface area (Å²) in [7, 11) is 1.43. The van der Waals surface area contributed by atoms with Crippen molar-refractivity contribution in [2.75, 3.05) is 13.7 Å². The van der Waals surface area contributed by atoms with Crippen LogP contribution in [0.2, 0.25) is 0 Å². The van der Waals surface area contributed by atoms with Crippen LogP contribution in [0.1, 0.15) is 26.7 Å². The van der Waals surface area contributed by atoms with E-state index in [0.29, 0.717) is 18.9 Å². The molecule has 0 rings (SSSR count). The maximum absolute atomic E-state index is 11.1. The number of rotatable bonds is 6. The molecule has 78 valence electrons. The van der Waals surface area contributed by atoms with Gasteiger partial charge in [0.1, 0.15) is 0 Å². The Bertz CT molecular complexity index is 149. The summed E-state index contributed by atoms with van der Waals surface area (Å²) < 4.78 is 0. The normalized spacial score (nSPS) is 13.0. The van der Waals surface area contributed by atoms with E-state index in [0.717, 1.165) is 6.42 Å². The van der Waals surface area contributed by atoms with E-state index in [-0.39, 0.29) is 11.8 Å². The molecule has 0 aromatic rings. The molecule has 0 fully saturated rings. The number of hydrogen-bond donors (Lipinski definition) is 2. The summed E-state index contributed by atoms with van der Waals surface area (Å²) in [6.07, 6.45) is 1.43. The van der Waals surface area contributed by atoms with E-state index < -0.39 is 0 Å². The van der Waals surface area contributed by atoms with E-state index in [1.807, 2.05) is 0 Å². The fourth-order valence-corrected chi connectivity index (χ4v) is 1.35. The van der Waals surface area contributed by atoms with Crippen molar-refractivity contribution >= 4 is 5.91 Å². The molecule has 0 aromatic carbocycles. The predicted molar refractivity (Wildman–Crippen MR) is 51.8 cm³/mol. The van der Waals surface area contributed by atoms with Gasteiger partial charge in [0.05, 0.1) is 7.11 Å². The van der Waals surface area contributed by atoms with Gasteiger partial charge in [0.15, 0.2) is 0 Å². The zero-order valence-corrected chi connectivity index (χ0v) is 8.67. The molecule has 0 aliphatic heterocycles. The van der Waals surface area contributed by atoms with Gasteiger partial charge >= 0.3 is 0 Å². The summed E-state index contributed by atoms with van der Waals surface area (Å²) in [6, 6.07) is 0. The molecule has 0 radical (unpaired) electrons. The average Bonchev–Trinajstić information content (AvgIpc) is 2.02. The van der Waals surface area contributed by atoms with Crippen LogP contribution in [0.5, 0.6) is 0 Å². The van der Waals surface area contributed by atoms with Crippen LogP contribution in [0.4, 0.5) is 0 Å². The molecule has 4 nitrogen and oxygen atoms in total. The van der Waals surface area contributed by atoms with Crippen LogP contribution in [0.25, 0.3) is 0 Å². The summed E-state index contributed by atoms with van der Waals surface area (Å²) in [6.45, 7) is 4.79. The average molecular weight is 188 g/mol. The number of nitrogens with one attached hydrogen (secondary N) is 1. The second-order valence-corrected chi connectivity index (χ2v) is 3.66. The Labute approximate surface area is 79.8 Å². The highest BCUT2D eigenvalue weighted by molar-refractivity contribution is 5.75. The topological polar surface area (TPSA) is 64.3 Å². The van der Waals surface area contributed by atoms with Gasteiger partial charge in [0.25, 0.3) is 0 Å². The SMILES string of the molecule is CONC(=O)CC(CN)CC(C)C. The molecule has 1 amide bonds. The first-order valence-electron chi connectivity index (χ1n) is 4.62. The van der Waals surface area contributed by atoms with E-state index in [4.69, 9.17) is 5.73 Å². The molecular formula is C9H20N2O2. The van der Waals surface area contributed by atoms with Crippen LogP contribution in [-0.4, -0.2) is 19.6 Å². The molecule has 0 spiro atoms. The van der Waals surface area contributed by atoms with Gasteiger partial charge in [-0.05, 0) is 24.8 Å². The fourth-order valence-electron chi connectivity index (χ4n) is 1.35. The molecule has 4 heteroatoms.